The fourth-order valence-corrected chi connectivity index (χ4v) is 2.14. The summed E-state index contributed by atoms with van der Waals surface area (Å²) in [5, 5.41) is 3.25. The molecule has 1 aromatic heterocycles. The Morgan fingerprint density at radius 3 is 2.52 bits per heavy atom. The average molecular weight is 296 g/mol. The molecule has 0 fully saturated rings. The molecule has 1 rings (SSSR count). The molecule has 0 aromatic carbocycles. The van der Waals surface area contributed by atoms with Gasteiger partial charge in [-0.05, 0) is 39.5 Å². The monoisotopic (exact) mass is 296 g/mol. The number of aromatic nitrogens is 1. The minimum atomic E-state index is -0.187. The number of pyridine rings is 1. The standard InChI is InChI=1S/C16H29FN4/c1-5-8-18-13-14-7-9-19-16(15(14)17)21(10-6-2)12-11-20(3)4/h7,9,18H,5-6,8,10-13H2,1-4H3. The van der Waals surface area contributed by atoms with Crippen molar-refractivity contribution in [2.75, 3.05) is 45.2 Å². The summed E-state index contributed by atoms with van der Waals surface area (Å²) in [7, 11) is 4.05. The summed E-state index contributed by atoms with van der Waals surface area (Å²) in [6, 6.07) is 1.76. The van der Waals surface area contributed by atoms with Crippen LogP contribution in [0.4, 0.5) is 10.2 Å². The first-order chi connectivity index (χ1) is 10.1. The summed E-state index contributed by atoms with van der Waals surface area (Å²) in [4.78, 5) is 8.41. The zero-order valence-electron chi connectivity index (χ0n) is 13.8. The summed E-state index contributed by atoms with van der Waals surface area (Å²) < 4.78 is 14.6. The van der Waals surface area contributed by atoms with Crippen LogP contribution in [0.5, 0.6) is 0 Å². The molecule has 1 N–H and O–H groups in total. The zero-order valence-corrected chi connectivity index (χ0v) is 13.8. The smallest absolute Gasteiger partial charge is 0.170 e. The fourth-order valence-electron chi connectivity index (χ4n) is 2.14. The molecule has 0 saturated heterocycles. The summed E-state index contributed by atoms with van der Waals surface area (Å²) in [6.45, 7) is 8.16. The van der Waals surface area contributed by atoms with Crippen LogP contribution in [0.1, 0.15) is 32.3 Å². The van der Waals surface area contributed by atoms with Gasteiger partial charge in [0.25, 0.3) is 0 Å². The van der Waals surface area contributed by atoms with Gasteiger partial charge >= 0.3 is 0 Å². The Balaban J connectivity index is 2.83. The Morgan fingerprint density at radius 1 is 1.14 bits per heavy atom. The lowest BCUT2D eigenvalue weighted by atomic mass is 10.2. The quantitative estimate of drug-likeness (QED) is 0.672. The van der Waals surface area contributed by atoms with E-state index in [0.717, 1.165) is 39.0 Å². The van der Waals surface area contributed by atoms with E-state index >= 15 is 0 Å². The van der Waals surface area contributed by atoms with Crippen LogP contribution >= 0.6 is 0 Å². The molecule has 21 heavy (non-hydrogen) atoms. The van der Waals surface area contributed by atoms with Crippen LogP contribution in [0.25, 0.3) is 0 Å². The Labute approximate surface area is 128 Å². The van der Waals surface area contributed by atoms with Crippen LogP contribution in [0.2, 0.25) is 0 Å². The second-order valence-corrected chi connectivity index (χ2v) is 5.57. The highest BCUT2D eigenvalue weighted by Crippen LogP contribution is 2.19. The van der Waals surface area contributed by atoms with Gasteiger partial charge in [0.05, 0.1) is 0 Å². The van der Waals surface area contributed by atoms with Crippen LogP contribution in [-0.4, -0.2) is 50.2 Å². The topological polar surface area (TPSA) is 31.4 Å². The van der Waals surface area contributed by atoms with E-state index in [1.807, 2.05) is 19.0 Å². The molecule has 0 saturated carbocycles. The third-order valence-electron chi connectivity index (χ3n) is 3.30. The van der Waals surface area contributed by atoms with Gasteiger partial charge in [-0.25, -0.2) is 9.37 Å². The molecule has 0 aliphatic heterocycles. The van der Waals surface area contributed by atoms with Gasteiger partial charge < -0.3 is 15.1 Å². The van der Waals surface area contributed by atoms with Gasteiger partial charge in [-0.15, -0.1) is 0 Å². The fraction of sp³-hybridized carbons (Fsp3) is 0.688. The number of nitrogens with zero attached hydrogens (tertiary/aromatic N) is 3. The third kappa shape index (κ3) is 5.98. The minimum absolute atomic E-state index is 0.187. The Morgan fingerprint density at radius 2 is 1.90 bits per heavy atom. The molecule has 1 heterocycles. The van der Waals surface area contributed by atoms with Crippen LogP contribution in [-0.2, 0) is 6.54 Å². The van der Waals surface area contributed by atoms with Crippen molar-refractivity contribution >= 4 is 5.82 Å². The Kier molecular flexibility index (Phi) is 8.23. The van der Waals surface area contributed by atoms with E-state index in [2.05, 4.69) is 29.0 Å². The highest BCUT2D eigenvalue weighted by atomic mass is 19.1. The summed E-state index contributed by atoms with van der Waals surface area (Å²) in [6.07, 6.45) is 3.73. The SMILES string of the molecule is CCCNCc1ccnc(N(CCC)CCN(C)C)c1F. The highest BCUT2D eigenvalue weighted by Gasteiger charge is 2.15. The van der Waals surface area contributed by atoms with Gasteiger partial charge in [-0.3, -0.25) is 0 Å². The first-order valence-corrected chi connectivity index (χ1v) is 7.83. The van der Waals surface area contributed by atoms with E-state index in [1.165, 1.54) is 0 Å². The second-order valence-electron chi connectivity index (χ2n) is 5.57. The van der Waals surface area contributed by atoms with Crippen molar-refractivity contribution in [1.29, 1.82) is 0 Å². The molecule has 120 valence electrons. The third-order valence-corrected chi connectivity index (χ3v) is 3.30. The van der Waals surface area contributed by atoms with Crippen molar-refractivity contribution in [2.24, 2.45) is 0 Å². The van der Waals surface area contributed by atoms with Gasteiger partial charge in [0, 0.05) is 37.9 Å². The predicted molar refractivity (Wildman–Crippen MR) is 87.3 cm³/mol. The minimum Gasteiger partial charge on any atom is -0.353 e. The van der Waals surface area contributed by atoms with Gasteiger partial charge in [-0.2, -0.15) is 0 Å². The van der Waals surface area contributed by atoms with E-state index in [9.17, 15) is 4.39 Å². The van der Waals surface area contributed by atoms with Crippen molar-refractivity contribution < 1.29 is 4.39 Å². The Hall–Kier alpha value is -1.20. The summed E-state index contributed by atoms with van der Waals surface area (Å²) >= 11 is 0. The summed E-state index contributed by atoms with van der Waals surface area (Å²) in [5.74, 6) is 0.294. The number of hydrogen-bond acceptors (Lipinski definition) is 4. The van der Waals surface area contributed by atoms with Crippen LogP contribution in [0.15, 0.2) is 12.3 Å². The van der Waals surface area contributed by atoms with Crippen molar-refractivity contribution in [3.8, 4) is 0 Å². The highest BCUT2D eigenvalue weighted by molar-refractivity contribution is 5.43. The Bertz CT molecular complexity index is 409. The van der Waals surface area contributed by atoms with E-state index in [-0.39, 0.29) is 5.82 Å². The molecule has 0 unspecified atom stereocenters. The number of likely N-dealkylation sites (N-methyl/N-ethyl adjacent to an activating group) is 1. The predicted octanol–water partition coefficient (Wildman–Crippen LogP) is 2.50. The number of anilines is 1. The molecule has 0 amide bonds. The van der Waals surface area contributed by atoms with Gasteiger partial charge in [0.2, 0.25) is 0 Å². The van der Waals surface area contributed by atoms with E-state index in [4.69, 9.17) is 0 Å². The second kappa shape index (κ2) is 9.68. The normalized spacial score (nSPS) is 11.1. The average Bonchev–Trinajstić information content (AvgIpc) is 2.45. The molecule has 1 aromatic rings. The lowest BCUT2D eigenvalue weighted by Crippen LogP contribution is -2.33. The van der Waals surface area contributed by atoms with Crippen molar-refractivity contribution in [2.45, 2.75) is 33.2 Å². The first kappa shape index (κ1) is 17.9. The van der Waals surface area contributed by atoms with Crippen LogP contribution < -0.4 is 10.2 Å². The van der Waals surface area contributed by atoms with Crippen molar-refractivity contribution in [3.05, 3.63) is 23.6 Å². The van der Waals surface area contributed by atoms with E-state index < -0.39 is 0 Å². The van der Waals surface area contributed by atoms with Crippen LogP contribution in [0, 0.1) is 5.82 Å². The van der Waals surface area contributed by atoms with E-state index in [1.54, 1.807) is 12.3 Å². The molecule has 0 radical (unpaired) electrons. The number of halogens is 1. The zero-order chi connectivity index (χ0) is 15.7. The maximum Gasteiger partial charge on any atom is 0.170 e. The number of nitrogens with one attached hydrogen (secondary N) is 1. The lowest BCUT2D eigenvalue weighted by Gasteiger charge is -2.25. The molecule has 0 spiro atoms. The maximum absolute atomic E-state index is 14.6. The molecular weight excluding hydrogens is 267 g/mol. The molecule has 0 aliphatic carbocycles. The van der Waals surface area contributed by atoms with Crippen LogP contribution in [0.3, 0.4) is 0 Å². The van der Waals surface area contributed by atoms with Gasteiger partial charge in [0.15, 0.2) is 11.6 Å². The molecule has 0 atom stereocenters. The molecule has 0 aliphatic rings. The van der Waals surface area contributed by atoms with Gasteiger partial charge in [-0.1, -0.05) is 13.8 Å². The molecule has 0 bridgehead atoms. The van der Waals surface area contributed by atoms with Crippen molar-refractivity contribution in [3.63, 3.8) is 0 Å². The molecule has 5 heteroatoms. The summed E-state index contributed by atoms with van der Waals surface area (Å²) in [5.41, 5.74) is 0.694. The van der Waals surface area contributed by atoms with Gasteiger partial charge in [0.1, 0.15) is 0 Å². The largest absolute Gasteiger partial charge is 0.353 e. The maximum atomic E-state index is 14.6. The van der Waals surface area contributed by atoms with Crippen molar-refractivity contribution in [1.82, 2.24) is 15.2 Å². The lowest BCUT2D eigenvalue weighted by molar-refractivity contribution is 0.411. The first-order valence-electron chi connectivity index (χ1n) is 7.83. The van der Waals surface area contributed by atoms with E-state index in [0.29, 0.717) is 17.9 Å². The molecular formula is C16H29FN4. The number of hydrogen-bond donors (Lipinski definition) is 1. The number of rotatable bonds is 10. The molecule has 4 nitrogen and oxygen atoms in total.